The fourth-order valence-corrected chi connectivity index (χ4v) is 2.21. The van der Waals surface area contributed by atoms with Crippen LogP contribution in [0.3, 0.4) is 0 Å². The summed E-state index contributed by atoms with van der Waals surface area (Å²) in [5.74, 6) is 0. The zero-order valence-corrected chi connectivity index (χ0v) is 12.3. The molecule has 1 atom stereocenters. The molecule has 0 radical (unpaired) electrons. The molecule has 0 amide bonds. The van der Waals surface area contributed by atoms with Crippen molar-refractivity contribution >= 4 is 5.69 Å². The summed E-state index contributed by atoms with van der Waals surface area (Å²) in [6, 6.07) is 5.08. The fourth-order valence-electron chi connectivity index (χ4n) is 2.21. The second-order valence-electron chi connectivity index (χ2n) is 5.94. The fraction of sp³-hybridized carbons (Fsp3) is 0.533. The third kappa shape index (κ3) is 5.27. The first-order valence-electron chi connectivity index (χ1n) is 6.58. The summed E-state index contributed by atoms with van der Waals surface area (Å²) in [6.07, 6.45) is -4.56. The Morgan fingerprint density at radius 3 is 2.43 bits per heavy atom. The molecule has 3 nitrogen and oxygen atoms in total. The van der Waals surface area contributed by atoms with E-state index in [1.165, 1.54) is 6.07 Å². The van der Waals surface area contributed by atoms with Gasteiger partial charge in [-0.3, -0.25) is 0 Å². The summed E-state index contributed by atoms with van der Waals surface area (Å²) in [7, 11) is 0. The third-order valence-corrected chi connectivity index (χ3v) is 3.06. The van der Waals surface area contributed by atoms with Gasteiger partial charge in [0.2, 0.25) is 0 Å². The van der Waals surface area contributed by atoms with E-state index in [1.807, 2.05) is 19.9 Å². The molecule has 21 heavy (non-hydrogen) atoms. The zero-order valence-electron chi connectivity index (χ0n) is 12.3. The monoisotopic (exact) mass is 300 g/mol. The maximum Gasteiger partial charge on any atom is 0.418 e. The van der Waals surface area contributed by atoms with Crippen LogP contribution >= 0.6 is 0 Å². The normalized spacial score (nSPS) is 13.6. The van der Waals surface area contributed by atoms with Crippen LogP contribution in [0.25, 0.3) is 0 Å². The SMILES string of the molecule is CC(O)CC(C)(C)CNc1cc(C#N)ccc1C(F)(F)F. The van der Waals surface area contributed by atoms with Crippen LogP contribution < -0.4 is 5.32 Å². The van der Waals surface area contributed by atoms with Crippen molar-refractivity contribution in [2.24, 2.45) is 5.41 Å². The number of aliphatic hydroxyl groups excluding tert-OH is 1. The van der Waals surface area contributed by atoms with E-state index >= 15 is 0 Å². The Morgan fingerprint density at radius 2 is 1.95 bits per heavy atom. The Bertz CT molecular complexity index is 531. The van der Waals surface area contributed by atoms with Crippen molar-refractivity contribution in [3.05, 3.63) is 29.3 Å². The van der Waals surface area contributed by atoms with Crippen molar-refractivity contribution < 1.29 is 18.3 Å². The Balaban J connectivity index is 2.99. The first-order chi connectivity index (χ1) is 9.55. The molecule has 0 spiro atoms. The van der Waals surface area contributed by atoms with Gasteiger partial charge >= 0.3 is 6.18 Å². The molecule has 1 aromatic rings. The molecule has 0 bridgehead atoms. The molecule has 0 heterocycles. The van der Waals surface area contributed by atoms with Gasteiger partial charge in [0.15, 0.2) is 0 Å². The summed E-state index contributed by atoms with van der Waals surface area (Å²) in [5, 5.41) is 21.0. The van der Waals surface area contributed by atoms with Crippen LogP contribution in [0.4, 0.5) is 18.9 Å². The highest BCUT2D eigenvalue weighted by atomic mass is 19.4. The molecule has 1 unspecified atom stereocenters. The van der Waals surface area contributed by atoms with Gasteiger partial charge in [0.1, 0.15) is 0 Å². The summed E-state index contributed by atoms with van der Waals surface area (Å²) < 4.78 is 38.9. The van der Waals surface area contributed by atoms with E-state index in [9.17, 15) is 18.3 Å². The quantitative estimate of drug-likeness (QED) is 0.870. The van der Waals surface area contributed by atoms with Gasteiger partial charge in [-0.1, -0.05) is 13.8 Å². The van der Waals surface area contributed by atoms with E-state index in [-0.39, 0.29) is 23.2 Å². The van der Waals surface area contributed by atoms with Gasteiger partial charge in [-0.05, 0) is 37.0 Å². The number of nitrogens with zero attached hydrogens (tertiary/aromatic N) is 1. The van der Waals surface area contributed by atoms with Crippen molar-refractivity contribution in [3.63, 3.8) is 0 Å². The van der Waals surface area contributed by atoms with Crippen LogP contribution in [0, 0.1) is 16.7 Å². The Labute approximate surface area is 122 Å². The molecule has 6 heteroatoms. The lowest BCUT2D eigenvalue weighted by Gasteiger charge is -2.27. The lowest BCUT2D eigenvalue weighted by atomic mass is 9.87. The standard InChI is InChI=1S/C15H19F3N2O/c1-10(21)7-14(2,3)9-20-13-6-11(8-19)4-5-12(13)15(16,17)18/h4-6,10,20-21H,7,9H2,1-3H3. The minimum absolute atomic E-state index is 0.111. The number of aliphatic hydroxyl groups is 1. The van der Waals surface area contributed by atoms with Gasteiger partial charge in [0, 0.05) is 12.2 Å². The summed E-state index contributed by atoms with van der Waals surface area (Å²) >= 11 is 0. The van der Waals surface area contributed by atoms with Crippen LogP contribution in [0.2, 0.25) is 0 Å². The van der Waals surface area contributed by atoms with E-state index in [2.05, 4.69) is 5.32 Å². The molecule has 0 aliphatic carbocycles. The van der Waals surface area contributed by atoms with Gasteiger partial charge in [0.05, 0.1) is 23.3 Å². The molecule has 116 valence electrons. The minimum atomic E-state index is -4.48. The summed E-state index contributed by atoms with van der Waals surface area (Å²) in [5.41, 5.74) is -1.12. The average Bonchev–Trinajstić information content (AvgIpc) is 2.33. The van der Waals surface area contributed by atoms with Crippen LogP contribution in [0.5, 0.6) is 0 Å². The van der Waals surface area contributed by atoms with Crippen molar-refractivity contribution in [1.82, 2.24) is 0 Å². The van der Waals surface area contributed by atoms with Gasteiger partial charge < -0.3 is 10.4 Å². The van der Waals surface area contributed by atoms with E-state index in [1.54, 1.807) is 6.92 Å². The molecule has 0 aliphatic rings. The number of hydrogen-bond donors (Lipinski definition) is 2. The predicted octanol–water partition coefficient (Wildman–Crippen LogP) is 3.79. The van der Waals surface area contributed by atoms with Gasteiger partial charge in [-0.15, -0.1) is 0 Å². The summed E-state index contributed by atoms with van der Waals surface area (Å²) in [4.78, 5) is 0. The molecule has 0 saturated carbocycles. The molecule has 0 fully saturated rings. The maximum absolute atomic E-state index is 13.0. The molecule has 1 aromatic carbocycles. The number of halogens is 3. The van der Waals surface area contributed by atoms with Gasteiger partial charge in [-0.25, -0.2) is 0 Å². The largest absolute Gasteiger partial charge is 0.418 e. The van der Waals surface area contributed by atoms with E-state index < -0.39 is 17.8 Å². The van der Waals surface area contributed by atoms with E-state index in [0.717, 1.165) is 12.1 Å². The highest BCUT2D eigenvalue weighted by Gasteiger charge is 2.34. The number of alkyl halides is 3. The molecular weight excluding hydrogens is 281 g/mol. The molecule has 0 aromatic heterocycles. The number of hydrogen-bond acceptors (Lipinski definition) is 3. The molecule has 1 rings (SSSR count). The summed E-state index contributed by atoms with van der Waals surface area (Å²) in [6.45, 7) is 5.61. The van der Waals surface area contributed by atoms with Crippen LogP contribution in [-0.2, 0) is 6.18 Å². The molecular formula is C15H19F3N2O. The number of rotatable bonds is 5. The van der Waals surface area contributed by atoms with Crippen LogP contribution in [-0.4, -0.2) is 17.8 Å². The third-order valence-electron chi connectivity index (χ3n) is 3.06. The Kier molecular flexibility index (Phi) is 5.24. The lowest BCUT2D eigenvalue weighted by molar-refractivity contribution is -0.137. The molecule has 2 N–H and O–H groups in total. The van der Waals surface area contributed by atoms with Crippen molar-refractivity contribution in [2.75, 3.05) is 11.9 Å². The highest BCUT2D eigenvalue weighted by Crippen LogP contribution is 2.36. The van der Waals surface area contributed by atoms with E-state index in [4.69, 9.17) is 5.26 Å². The Hall–Kier alpha value is -1.74. The van der Waals surface area contributed by atoms with Crippen molar-refractivity contribution in [2.45, 2.75) is 39.5 Å². The Morgan fingerprint density at radius 1 is 1.33 bits per heavy atom. The number of benzene rings is 1. The highest BCUT2D eigenvalue weighted by molar-refractivity contribution is 5.57. The first kappa shape index (κ1) is 17.3. The van der Waals surface area contributed by atoms with Gasteiger partial charge in [0.25, 0.3) is 0 Å². The van der Waals surface area contributed by atoms with Crippen LogP contribution in [0.1, 0.15) is 38.3 Å². The van der Waals surface area contributed by atoms with Gasteiger partial charge in [-0.2, -0.15) is 18.4 Å². The van der Waals surface area contributed by atoms with Crippen molar-refractivity contribution in [1.29, 1.82) is 5.26 Å². The minimum Gasteiger partial charge on any atom is -0.393 e. The number of anilines is 1. The average molecular weight is 300 g/mol. The topological polar surface area (TPSA) is 56.0 Å². The van der Waals surface area contributed by atoms with Crippen molar-refractivity contribution in [3.8, 4) is 6.07 Å². The molecule has 0 saturated heterocycles. The second-order valence-corrected chi connectivity index (χ2v) is 5.94. The van der Waals surface area contributed by atoms with E-state index in [0.29, 0.717) is 6.42 Å². The number of nitriles is 1. The smallest absolute Gasteiger partial charge is 0.393 e. The number of nitrogens with one attached hydrogen (secondary N) is 1. The molecule has 0 aliphatic heterocycles. The lowest BCUT2D eigenvalue weighted by Crippen LogP contribution is -2.27. The first-order valence-corrected chi connectivity index (χ1v) is 6.58. The van der Waals surface area contributed by atoms with Crippen LogP contribution in [0.15, 0.2) is 18.2 Å². The maximum atomic E-state index is 13.0. The second kappa shape index (κ2) is 6.35. The predicted molar refractivity (Wildman–Crippen MR) is 74.7 cm³/mol. The zero-order chi connectivity index (χ0) is 16.3.